The van der Waals surface area contributed by atoms with Crippen LogP contribution in [0, 0.1) is 0 Å². The fourth-order valence-corrected chi connectivity index (χ4v) is 3.63. The van der Waals surface area contributed by atoms with Gasteiger partial charge in [0.1, 0.15) is 5.82 Å². The Morgan fingerprint density at radius 3 is 2.54 bits per heavy atom. The fourth-order valence-electron chi connectivity index (χ4n) is 3.63. The highest BCUT2D eigenvalue weighted by Gasteiger charge is 2.17. The first-order valence-electron chi connectivity index (χ1n) is 9.19. The molecule has 0 spiro atoms. The molecule has 1 aliphatic rings. The second-order valence-corrected chi connectivity index (χ2v) is 6.86. The highest BCUT2D eigenvalue weighted by atomic mass is 16.1. The zero-order valence-corrected chi connectivity index (χ0v) is 15.1. The van der Waals surface area contributed by atoms with Crippen molar-refractivity contribution in [2.75, 3.05) is 31.1 Å². The number of para-hydroxylation sites is 2. The molecule has 0 bridgehead atoms. The molecule has 5 heteroatoms. The van der Waals surface area contributed by atoms with E-state index in [9.17, 15) is 4.79 Å². The third-order valence-corrected chi connectivity index (χ3v) is 5.15. The lowest BCUT2D eigenvalue weighted by Crippen LogP contribution is -2.33. The largest absolute Gasteiger partial charge is 0.370 e. The Hall–Kier alpha value is -2.66. The van der Waals surface area contributed by atoms with Crippen LogP contribution in [0.5, 0.6) is 0 Å². The van der Waals surface area contributed by atoms with Crippen molar-refractivity contribution in [3.05, 3.63) is 70.8 Å². The maximum atomic E-state index is 12.6. The van der Waals surface area contributed by atoms with E-state index in [-0.39, 0.29) is 5.56 Å². The second-order valence-electron chi connectivity index (χ2n) is 6.86. The van der Waals surface area contributed by atoms with Gasteiger partial charge in [-0.25, -0.2) is 4.98 Å². The van der Waals surface area contributed by atoms with Crippen LogP contribution in [0.15, 0.2) is 59.4 Å². The van der Waals surface area contributed by atoms with Gasteiger partial charge in [0.15, 0.2) is 0 Å². The van der Waals surface area contributed by atoms with E-state index in [1.807, 2.05) is 31.3 Å². The normalized spacial score (nSPS) is 16.0. The Labute approximate surface area is 153 Å². The van der Waals surface area contributed by atoms with Crippen molar-refractivity contribution in [3.8, 4) is 0 Å². The quantitative estimate of drug-likeness (QED) is 0.730. The zero-order chi connectivity index (χ0) is 17.9. The Morgan fingerprint density at radius 1 is 0.923 bits per heavy atom. The van der Waals surface area contributed by atoms with E-state index in [2.05, 4.69) is 40.1 Å². The molecule has 1 aromatic heterocycles. The van der Waals surface area contributed by atoms with Crippen LogP contribution in [0.1, 0.15) is 12.2 Å². The van der Waals surface area contributed by atoms with Gasteiger partial charge in [0.05, 0.1) is 17.4 Å². The van der Waals surface area contributed by atoms with Gasteiger partial charge in [0, 0.05) is 38.9 Å². The third-order valence-electron chi connectivity index (χ3n) is 5.15. The number of fused-ring (bicyclic) bond motifs is 1. The highest BCUT2D eigenvalue weighted by molar-refractivity contribution is 5.77. The van der Waals surface area contributed by atoms with E-state index < -0.39 is 0 Å². The molecule has 0 amide bonds. The van der Waals surface area contributed by atoms with Crippen LogP contribution in [-0.2, 0) is 13.6 Å². The molecule has 1 saturated heterocycles. The van der Waals surface area contributed by atoms with Crippen molar-refractivity contribution in [2.45, 2.75) is 13.0 Å². The molecule has 0 aliphatic carbocycles. The number of rotatable bonds is 3. The number of hydrogen-bond donors (Lipinski definition) is 0. The van der Waals surface area contributed by atoms with Crippen molar-refractivity contribution >= 4 is 16.6 Å². The smallest absolute Gasteiger partial charge is 0.261 e. The molecule has 0 unspecified atom stereocenters. The van der Waals surface area contributed by atoms with Gasteiger partial charge in [0.2, 0.25) is 0 Å². The predicted octanol–water partition coefficient (Wildman–Crippen LogP) is 2.65. The lowest BCUT2D eigenvalue weighted by atomic mass is 10.2. The van der Waals surface area contributed by atoms with Crippen molar-refractivity contribution in [2.24, 2.45) is 7.05 Å². The number of anilines is 1. The molecule has 26 heavy (non-hydrogen) atoms. The number of benzene rings is 2. The van der Waals surface area contributed by atoms with Gasteiger partial charge >= 0.3 is 0 Å². The van der Waals surface area contributed by atoms with Crippen molar-refractivity contribution < 1.29 is 0 Å². The Kier molecular flexibility index (Phi) is 4.71. The van der Waals surface area contributed by atoms with E-state index in [1.54, 1.807) is 4.57 Å². The van der Waals surface area contributed by atoms with Crippen molar-refractivity contribution in [1.29, 1.82) is 0 Å². The summed E-state index contributed by atoms with van der Waals surface area (Å²) in [7, 11) is 1.82. The fraction of sp³-hybridized carbons (Fsp3) is 0.333. The highest BCUT2D eigenvalue weighted by Crippen LogP contribution is 2.17. The van der Waals surface area contributed by atoms with E-state index >= 15 is 0 Å². The molecular weight excluding hydrogens is 324 g/mol. The van der Waals surface area contributed by atoms with Gasteiger partial charge in [-0.1, -0.05) is 30.3 Å². The summed E-state index contributed by atoms with van der Waals surface area (Å²) in [5.41, 5.74) is 2.10. The molecule has 0 N–H and O–H groups in total. The first-order chi connectivity index (χ1) is 12.7. The molecule has 4 rings (SSSR count). The summed E-state index contributed by atoms with van der Waals surface area (Å²) in [6, 6.07) is 18.2. The van der Waals surface area contributed by atoms with Gasteiger partial charge in [-0.3, -0.25) is 14.3 Å². The molecule has 5 nitrogen and oxygen atoms in total. The molecule has 0 radical (unpaired) electrons. The number of nitrogens with zero attached hydrogens (tertiary/aromatic N) is 4. The van der Waals surface area contributed by atoms with Gasteiger partial charge < -0.3 is 4.90 Å². The van der Waals surface area contributed by atoms with Crippen LogP contribution in [-0.4, -0.2) is 40.6 Å². The predicted molar refractivity (Wildman–Crippen MR) is 106 cm³/mol. The lowest BCUT2D eigenvalue weighted by Gasteiger charge is -2.24. The summed E-state index contributed by atoms with van der Waals surface area (Å²) in [4.78, 5) is 22.2. The van der Waals surface area contributed by atoms with E-state index in [1.165, 1.54) is 5.69 Å². The minimum absolute atomic E-state index is 0.0336. The maximum absolute atomic E-state index is 12.6. The molecule has 1 aliphatic heterocycles. The van der Waals surface area contributed by atoms with Gasteiger partial charge in [-0.15, -0.1) is 0 Å². The number of hydrogen-bond acceptors (Lipinski definition) is 4. The van der Waals surface area contributed by atoms with Crippen LogP contribution in [0.3, 0.4) is 0 Å². The summed E-state index contributed by atoms with van der Waals surface area (Å²) < 4.78 is 1.70. The summed E-state index contributed by atoms with van der Waals surface area (Å²) in [5, 5.41) is 0.685. The SMILES string of the molecule is Cn1c(CN2CCCN(c3ccccc3)CC2)nc2ccccc2c1=O. The molecule has 0 saturated carbocycles. The van der Waals surface area contributed by atoms with Gasteiger partial charge in [0.25, 0.3) is 5.56 Å². The lowest BCUT2D eigenvalue weighted by molar-refractivity contribution is 0.274. The van der Waals surface area contributed by atoms with Crippen molar-refractivity contribution in [1.82, 2.24) is 14.5 Å². The summed E-state index contributed by atoms with van der Waals surface area (Å²) in [5.74, 6) is 0.835. The van der Waals surface area contributed by atoms with E-state index in [4.69, 9.17) is 4.98 Å². The van der Waals surface area contributed by atoms with Gasteiger partial charge in [-0.05, 0) is 30.7 Å². The minimum Gasteiger partial charge on any atom is -0.370 e. The first kappa shape index (κ1) is 16.8. The summed E-state index contributed by atoms with van der Waals surface area (Å²) >= 11 is 0. The molecule has 2 heterocycles. The molecular formula is C21H24N4O. The number of aromatic nitrogens is 2. The topological polar surface area (TPSA) is 41.4 Å². The molecule has 3 aromatic rings. The van der Waals surface area contributed by atoms with Crippen molar-refractivity contribution in [3.63, 3.8) is 0 Å². The minimum atomic E-state index is 0.0336. The van der Waals surface area contributed by atoms with Crippen LogP contribution in [0.4, 0.5) is 5.69 Å². The molecule has 0 atom stereocenters. The van der Waals surface area contributed by atoms with Gasteiger partial charge in [-0.2, -0.15) is 0 Å². The average Bonchev–Trinajstić information content (AvgIpc) is 2.92. The Balaban J connectivity index is 1.52. The average molecular weight is 348 g/mol. The summed E-state index contributed by atoms with van der Waals surface area (Å²) in [6.07, 6.45) is 1.11. The zero-order valence-electron chi connectivity index (χ0n) is 15.1. The molecule has 1 fully saturated rings. The monoisotopic (exact) mass is 348 g/mol. The van der Waals surface area contributed by atoms with Crippen LogP contribution < -0.4 is 10.5 Å². The van der Waals surface area contributed by atoms with Crippen LogP contribution >= 0.6 is 0 Å². The standard InChI is InChI=1S/C21H24N4O/c1-23-20(22-19-11-6-5-10-18(19)21(23)26)16-24-12-7-13-25(15-14-24)17-8-3-2-4-9-17/h2-6,8-11H,7,12-16H2,1H3. The van der Waals surface area contributed by atoms with Crippen LogP contribution in [0.25, 0.3) is 10.9 Å². The Morgan fingerprint density at radius 2 is 1.69 bits per heavy atom. The van der Waals surface area contributed by atoms with E-state index in [0.717, 1.165) is 43.9 Å². The third kappa shape index (κ3) is 3.35. The van der Waals surface area contributed by atoms with E-state index in [0.29, 0.717) is 11.9 Å². The van der Waals surface area contributed by atoms with Crippen LogP contribution in [0.2, 0.25) is 0 Å². The Bertz CT molecular complexity index is 951. The first-order valence-corrected chi connectivity index (χ1v) is 9.19. The maximum Gasteiger partial charge on any atom is 0.261 e. The second kappa shape index (κ2) is 7.30. The molecule has 134 valence electrons. The summed E-state index contributed by atoms with van der Waals surface area (Å²) in [6.45, 7) is 4.75. The molecule has 2 aromatic carbocycles.